The van der Waals surface area contributed by atoms with Crippen LogP contribution < -0.4 is 5.73 Å². The molecule has 0 aliphatic carbocycles. The van der Waals surface area contributed by atoms with Crippen molar-refractivity contribution in [2.75, 3.05) is 6.54 Å². The highest BCUT2D eigenvalue weighted by Gasteiger charge is 1.88. The van der Waals surface area contributed by atoms with Gasteiger partial charge in [0.05, 0.1) is 0 Å². The minimum Gasteiger partial charge on any atom is -0.327 e. The largest absolute Gasteiger partial charge is 0.327 e. The maximum Gasteiger partial charge on any atom is 0.0110 e. The molecule has 0 spiro atoms. The van der Waals surface area contributed by atoms with Crippen molar-refractivity contribution in [3.05, 3.63) is 41.5 Å². The second-order valence-corrected chi connectivity index (χ2v) is 2.49. The monoisotopic (exact) mass is 147 g/mol. The summed E-state index contributed by atoms with van der Waals surface area (Å²) >= 11 is 0. The SMILES string of the molecule is Cc1ccccc1/C=C/CN. The van der Waals surface area contributed by atoms with Crippen molar-refractivity contribution in [3.8, 4) is 0 Å². The fourth-order valence-electron chi connectivity index (χ4n) is 0.969. The molecule has 11 heavy (non-hydrogen) atoms. The molecule has 0 saturated heterocycles. The fourth-order valence-corrected chi connectivity index (χ4v) is 0.969. The maximum absolute atomic E-state index is 5.34. The third kappa shape index (κ3) is 2.20. The zero-order valence-corrected chi connectivity index (χ0v) is 6.75. The molecule has 0 bridgehead atoms. The second-order valence-electron chi connectivity index (χ2n) is 2.49. The summed E-state index contributed by atoms with van der Waals surface area (Å²) in [6.07, 6.45) is 4.01. The number of hydrogen-bond donors (Lipinski definition) is 1. The van der Waals surface area contributed by atoms with Crippen LogP contribution in [0.4, 0.5) is 0 Å². The number of benzene rings is 1. The number of hydrogen-bond acceptors (Lipinski definition) is 1. The van der Waals surface area contributed by atoms with Gasteiger partial charge >= 0.3 is 0 Å². The molecule has 1 aromatic carbocycles. The molecule has 0 aromatic heterocycles. The van der Waals surface area contributed by atoms with E-state index in [9.17, 15) is 0 Å². The molecular weight excluding hydrogens is 134 g/mol. The minimum atomic E-state index is 0.605. The van der Waals surface area contributed by atoms with Crippen molar-refractivity contribution in [1.29, 1.82) is 0 Å². The van der Waals surface area contributed by atoms with Crippen LogP contribution in [-0.2, 0) is 0 Å². The normalized spacial score (nSPS) is 10.7. The smallest absolute Gasteiger partial charge is 0.0110 e. The standard InChI is InChI=1S/C10H13N/c1-9-5-2-3-6-10(9)7-4-8-11/h2-7H,8,11H2,1H3/b7-4+. The molecular formula is C10H13N. The maximum atomic E-state index is 5.34. The zero-order chi connectivity index (χ0) is 8.10. The highest BCUT2D eigenvalue weighted by atomic mass is 14.5. The highest BCUT2D eigenvalue weighted by Crippen LogP contribution is 2.07. The van der Waals surface area contributed by atoms with E-state index in [1.807, 2.05) is 18.2 Å². The molecule has 0 unspecified atom stereocenters. The summed E-state index contributed by atoms with van der Waals surface area (Å²) < 4.78 is 0. The van der Waals surface area contributed by atoms with Crippen LogP contribution in [0.15, 0.2) is 30.3 Å². The Kier molecular flexibility index (Phi) is 2.87. The molecule has 0 saturated carbocycles. The molecule has 0 radical (unpaired) electrons. The van der Waals surface area contributed by atoms with E-state index in [1.165, 1.54) is 11.1 Å². The van der Waals surface area contributed by atoms with Crippen LogP contribution in [0.1, 0.15) is 11.1 Å². The van der Waals surface area contributed by atoms with Crippen molar-refractivity contribution < 1.29 is 0 Å². The molecule has 0 aliphatic heterocycles. The van der Waals surface area contributed by atoms with E-state index in [1.54, 1.807) is 0 Å². The third-order valence-electron chi connectivity index (χ3n) is 1.62. The number of aryl methyl sites for hydroxylation is 1. The summed E-state index contributed by atoms with van der Waals surface area (Å²) in [7, 11) is 0. The van der Waals surface area contributed by atoms with Gasteiger partial charge in [-0.1, -0.05) is 36.4 Å². The molecule has 1 rings (SSSR count). The van der Waals surface area contributed by atoms with Crippen LogP contribution in [-0.4, -0.2) is 6.54 Å². The van der Waals surface area contributed by atoms with Gasteiger partial charge in [-0.3, -0.25) is 0 Å². The van der Waals surface area contributed by atoms with Gasteiger partial charge in [-0.2, -0.15) is 0 Å². The quantitative estimate of drug-likeness (QED) is 0.680. The lowest BCUT2D eigenvalue weighted by Crippen LogP contribution is -1.92. The third-order valence-corrected chi connectivity index (χ3v) is 1.62. The van der Waals surface area contributed by atoms with Gasteiger partial charge in [-0.05, 0) is 18.1 Å². The number of rotatable bonds is 2. The van der Waals surface area contributed by atoms with E-state index >= 15 is 0 Å². The fraction of sp³-hybridized carbons (Fsp3) is 0.200. The van der Waals surface area contributed by atoms with Gasteiger partial charge in [0.1, 0.15) is 0 Å². The Morgan fingerprint density at radius 2 is 2.09 bits per heavy atom. The number of nitrogens with two attached hydrogens (primary N) is 1. The van der Waals surface area contributed by atoms with E-state index < -0.39 is 0 Å². The lowest BCUT2D eigenvalue weighted by Gasteiger charge is -1.96. The van der Waals surface area contributed by atoms with Gasteiger partial charge in [-0.25, -0.2) is 0 Å². The first kappa shape index (κ1) is 8.02. The van der Waals surface area contributed by atoms with Crippen molar-refractivity contribution in [1.82, 2.24) is 0 Å². The molecule has 58 valence electrons. The van der Waals surface area contributed by atoms with Gasteiger partial charge in [0.15, 0.2) is 0 Å². The molecule has 1 aromatic rings. The molecule has 1 heteroatoms. The molecule has 0 amide bonds. The second kappa shape index (κ2) is 3.94. The molecule has 0 heterocycles. The Hall–Kier alpha value is -1.08. The van der Waals surface area contributed by atoms with Gasteiger partial charge in [0.2, 0.25) is 0 Å². The van der Waals surface area contributed by atoms with Crippen molar-refractivity contribution in [3.63, 3.8) is 0 Å². The van der Waals surface area contributed by atoms with Gasteiger partial charge in [-0.15, -0.1) is 0 Å². The van der Waals surface area contributed by atoms with Crippen LogP contribution in [0.2, 0.25) is 0 Å². The average Bonchev–Trinajstić information content (AvgIpc) is 2.03. The summed E-state index contributed by atoms with van der Waals surface area (Å²) in [6, 6.07) is 8.25. The van der Waals surface area contributed by atoms with E-state index in [2.05, 4.69) is 25.1 Å². The van der Waals surface area contributed by atoms with Gasteiger partial charge in [0.25, 0.3) is 0 Å². The predicted molar refractivity (Wildman–Crippen MR) is 49.3 cm³/mol. The van der Waals surface area contributed by atoms with Crippen molar-refractivity contribution in [2.45, 2.75) is 6.92 Å². The molecule has 1 nitrogen and oxygen atoms in total. The summed E-state index contributed by atoms with van der Waals surface area (Å²) in [6.45, 7) is 2.70. The molecule has 0 aliphatic rings. The summed E-state index contributed by atoms with van der Waals surface area (Å²) in [4.78, 5) is 0. The van der Waals surface area contributed by atoms with E-state index in [0.717, 1.165) is 0 Å². The van der Waals surface area contributed by atoms with Crippen molar-refractivity contribution >= 4 is 6.08 Å². The minimum absolute atomic E-state index is 0.605. The first-order chi connectivity index (χ1) is 5.34. The summed E-state index contributed by atoms with van der Waals surface area (Å²) in [5.41, 5.74) is 7.88. The van der Waals surface area contributed by atoms with Crippen LogP contribution >= 0.6 is 0 Å². The van der Waals surface area contributed by atoms with Crippen molar-refractivity contribution in [2.24, 2.45) is 5.73 Å². The Morgan fingerprint density at radius 1 is 1.36 bits per heavy atom. The topological polar surface area (TPSA) is 26.0 Å². The Balaban J connectivity index is 2.86. The Morgan fingerprint density at radius 3 is 2.73 bits per heavy atom. The van der Waals surface area contributed by atoms with Gasteiger partial charge < -0.3 is 5.73 Å². The summed E-state index contributed by atoms with van der Waals surface area (Å²) in [5, 5.41) is 0. The summed E-state index contributed by atoms with van der Waals surface area (Å²) in [5.74, 6) is 0. The van der Waals surface area contributed by atoms with E-state index in [4.69, 9.17) is 5.73 Å². The van der Waals surface area contributed by atoms with Crippen LogP contribution in [0.3, 0.4) is 0 Å². The molecule has 0 atom stereocenters. The Labute approximate surface area is 67.5 Å². The molecule has 0 fully saturated rings. The van der Waals surface area contributed by atoms with E-state index in [0.29, 0.717) is 6.54 Å². The first-order valence-electron chi connectivity index (χ1n) is 3.77. The van der Waals surface area contributed by atoms with Crippen LogP contribution in [0.25, 0.3) is 6.08 Å². The van der Waals surface area contributed by atoms with Crippen LogP contribution in [0.5, 0.6) is 0 Å². The predicted octanol–water partition coefficient (Wildman–Crippen LogP) is 1.97. The lowest BCUT2D eigenvalue weighted by molar-refractivity contribution is 1.26. The van der Waals surface area contributed by atoms with Gasteiger partial charge in [0, 0.05) is 6.54 Å². The Bertz CT molecular complexity index is 251. The van der Waals surface area contributed by atoms with E-state index in [-0.39, 0.29) is 0 Å². The molecule has 2 N–H and O–H groups in total. The van der Waals surface area contributed by atoms with Crippen LogP contribution in [0, 0.1) is 6.92 Å². The highest BCUT2D eigenvalue weighted by molar-refractivity contribution is 5.53. The lowest BCUT2D eigenvalue weighted by atomic mass is 10.1. The zero-order valence-electron chi connectivity index (χ0n) is 6.75. The first-order valence-corrected chi connectivity index (χ1v) is 3.77. The average molecular weight is 147 g/mol.